The van der Waals surface area contributed by atoms with Crippen LogP contribution in [0.3, 0.4) is 0 Å². The summed E-state index contributed by atoms with van der Waals surface area (Å²) in [5, 5.41) is 24.2. The van der Waals surface area contributed by atoms with Gasteiger partial charge in [-0.15, -0.1) is 10.2 Å². The second-order valence-corrected chi connectivity index (χ2v) is 8.12. The van der Waals surface area contributed by atoms with Gasteiger partial charge in [0.05, 0.1) is 11.6 Å². The molecular formula is C25H21N5OS. The van der Waals surface area contributed by atoms with Gasteiger partial charge in [-0.2, -0.15) is 5.26 Å². The minimum atomic E-state index is -0.287. The predicted octanol–water partition coefficient (Wildman–Crippen LogP) is 5.30. The molecule has 0 radical (unpaired) electrons. The molecule has 0 unspecified atom stereocenters. The number of hydrogen-bond donors (Lipinski definition) is 2. The number of nitrogens with one attached hydrogen (secondary N) is 2. The van der Waals surface area contributed by atoms with Crippen molar-refractivity contribution in [2.75, 3.05) is 17.2 Å². The average molecular weight is 440 g/mol. The number of nitriles is 1. The van der Waals surface area contributed by atoms with Gasteiger partial charge >= 0.3 is 0 Å². The smallest absolute Gasteiger partial charge is 0.257 e. The van der Waals surface area contributed by atoms with Gasteiger partial charge < -0.3 is 5.32 Å². The van der Waals surface area contributed by atoms with E-state index in [2.05, 4.69) is 69.4 Å². The highest BCUT2D eigenvalue weighted by Gasteiger charge is 2.15. The first kappa shape index (κ1) is 21.2. The second kappa shape index (κ2) is 10.3. The highest BCUT2D eigenvalue weighted by atomic mass is 32.1. The van der Waals surface area contributed by atoms with Crippen molar-refractivity contribution in [2.24, 2.45) is 0 Å². The van der Waals surface area contributed by atoms with Crippen LogP contribution in [0, 0.1) is 11.3 Å². The van der Waals surface area contributed by atoms with Gasteiger partial charge in [0.2, 0.25) is 10.3 Å². The first-order valence-corrected chi connectivity index (χ1v) is 11.0. The Labute approximate surface area is 190 Å². The van der Waals surface area contributed by atoms with Crippen LogP contribution in [-0.4, -0.2) is 22.6 Å². The maximum absolute atomic E-state index is 12.4. The Kier molecular flexibility index (Phi) is 6.85. The Balaban J connectivity index is 1.36. The molecule has 0 fully saturated rings. The van der Waals surface area contributed by atoms with Crippen molar-refractivity contribution in [3.63, 3.8) is 0 Å². The minimum absolute atomic E-state index is 0.272. The molecule has 0 aliphatic carbocycles. The zero-order valence-corrected chi connectivity index (χ0v) is 18.0. The average Bonchev–Trinajstić information content (AvgIpc) is 3.30. The number of nitrogens with zero attached hydrogens (tertiary/aromatic N) is 3. The molecule has 0 spiro atoms. The highest BCUT2D eigenvalue weighted by Crippen LogP contribution is 2.28. The number of rotatable bonds is 8. The zero-order chi connectivity index (χ0) is 22.2. The summed E-state index contributed by atoms with van der Waals surface area (Å²) in [5.41, 5.74) is 3.51. The number of hydrogen-bond acceptors (Lipinski definition) is 6. The number of carbonyl (C=O) groups is 1. The van der Waals surface area contributed by atoms with Gasteiger partial charge in [-0.3, -0.25) is 10.1 Å². The van der Waals surface area contributed by atoms with Crippen molar-refractivity contribution in [1.29, 1.82) is 5.26 Å². The summed E-state index contributed by atoms with van der Waals surface area (Å²) in [7, 11) is 0. The number of benzene rings is 3. The van der Waals surface area contributed by atoms with Crippen molar-refractivity contribution < 1.29 is 4.79 Å². The summed E-state index contributed by atoms with van der Waals surface area (Å²) >= 11 is 1.29. The Morgan fingerprint density at radius 3 is 2.06 bits per heavy atom. The summed E-state index contributed by atoms with van der Waals surface area (Å²) < 4.78 is 0. The van der Waals surface area contributed by atoms with E-state index in [0.717, 1.165) is 6.42 Å². The molecule has 6 nitrogen and oxygen atoms in total. The van der Waals surface area contributed by atoms with Gasteiger partial charge in [0.1, 0.15) is 0 Å². The van der Waals surface area contributed by atoms with E-state index in [1.807, 2.05) is 18.2 Å². The first-order chi connectivity index (χ1) is 15.7. The molecule has 3 aromatic carbocycles. The summed E-state index contributed by atoms with van der Waals surface area (Å²) in [6.45, 7) is 0.715. The molecule has 0 bridgehead atoms. The molecule has 7 heteroatoms. The highest BCUT2D eigenvalue weighted by molar-refractivity contribution is 7.19. The predicted molar refractivity (Wildman–Crippen MR) is 127 cm³/mol. The molecule has 1 amide bonds. The lowest BCUT2D eigenvalue weighted by atomic mass is 9.88. The number of carbonyl (C=O) groups excluding carboxylic acids is 1. The topological polar surface area (TPSA) is 90.7 Å². The third kappa shape index (κ3) is 5.36. The van der Waals surface area contributed by atoms with Gasteiger partial charge in [0, 0.05) is 18.0 Å². The van der Waals surface area contributed by atoms with Crippen LogP contribution in [0.1, 0.15) is 39.4 Å². The van der Waals surface area contributed by atoms with Crippen molar-refractivity contribution in [3.8, 4) is 6.07 Å². The van der Waals surface area contributed by atoms with Gasteiger partial charge in [-0.1, -0.05) is 72.0 Å². The van der Waals surface area contributed by atoms with E-state index in [9.17, 15) is 4.79 Å². The molecule has 1 heterocycles. The lowest BCUT2D eigenvalue weighted by molar-refractivity contribution is 0.102. The fraction of sp³-hybridized carbons (Fsp3) is 0.120. The van der Waals surface area contributed by atoms with E-state index >= 15 is 0 Å². The largest absolute Gasteiger partial charge is 0.360 e. The van der Waals surface area contributed by atoms with E-state index in [-0.39, 0.29) is 11.8 Å². The molecule has 0 aliphatic rings. The van der Waals surface area contributed by atoms with Crippen LogP contribution in [-0.2, 0) is 0 Å². The fourth-order valence-electron chi connectivity index (χ4n) is 3.43. The maximum atomic E-state index is 12.4. The van der Waals surface area contributed by atoms with E-state index in [4.69, 9.17) is 5.26 Å². The molecular weight excluding hydrogens is 418 g/mol. The van der Waals surface area contributed by atoms with E-state index in [1.165, 1.54) is 22.5 Å². The van der Waals surface area contributed by atoms with Gasteiger partial charge in [0.15, 0.2) is 0 Å². The number of anilines is 2. The van der Waals surface area contributed by atoms with Crippen LogP contribution >= 0.6 is 11.3 Å². The van der Waals surface area contributed by atoms with Crippen LogP contribution < -0.4 is 10.6 Å². The lowest BCUT2D eigenvalue weighted by Gasteiger charge is -2.18. The van der Waals surface area contributed by atoms with Gasteiger partial charge in [-0.05, 0) is 41.8 Å². The zero-order valence-electron chi connectivity index (χ0n) is 17.2. The molecule has 0 atom stereocenters. The second-order valence-electron chi connectivity index (χ2n) is 7.15. The SMILES string of the molecule is N#Cc1ccc(C(=O)Nc2nnc(NCCC(c3ccccc3)c3ccccc3)s2)cc1. The Morgan fingerprint density at radius 1 is 0.875 bits per heavy atom. The minimum Gasteiger partial charge on any atom is -0.360 e. The molecule has 158 valence electrons. The fourth-order valence-corrected chi connectivity index (χ4v) is 4.09. The molecule has 1 aromatic heterocycles. The van der Waals surface area contributed by atoms with Crippen LogP contribution in [0.5, 0.6) is 0 Å². The van der Waals surface area contributed by atoms with Crippen molar-refractivity contribution >= 4 is 27.5 Å². The third-order valence-corrected chi connectivity index (χ3v) is 5.83. The molecule has 0 saturated heterocycles. The molecule has 4 rings (SSSR count). The Hall–Kier alpha value is -4.02. The van der Waals surface area contributed by atoms with Crippen LogP contribution in [0.25, 0.3) is 0 Å². The van der Waals surface area contributed by atoms with Crippen molar-refractivity contribution in [2.45, 2.75) is 12.3 Å². The van der Waals surface area contributed by atoms with Gasteiger partial charge in [0.25, 0.3) is 5.91 Å². The quantitative estimate of drug-likeness (QED) is 0.389. The monoisotopic (exact) mass is 439 g/mol. The summed E-state index contributed by atoms with van der Waals surface area (Å²) in [4.78, 5) is 12.4. The number of amides is 1. The van der Waals surface area contributed by atoms with Gasteiger partial charge in [-0.25, -0.2) is 0 Å². The van der Waals surface area contributed by atoms with Crippen LogP contribution in [0.2, 0.25) is 0 Å². The Bertz CT molecular complexity index is 1160. The summed E-state index contributed by atoms with van der Waals surface area (Å²) in [6.07, 6.45) is 0.889. The van der Waals surface area contributed by atoms with Crippen LogP contribution in [0.15, 0.2) is 84.9 Å². The van der Waals surface area contributed by atoms with E-state index in [0.29, 0.717) is 27.9 Å². The molecule has 2 N–H and O–H groups in total. The maximum Gasteiger partial charge on any atom is 0.257 e. The number of aromatic nitrogens is 2. The summed E-state index contributed by atoms with van der Waals surface area (Å²) in [6, 6.07) is 29.4. The summed E-state index contributed by atoms with van der Waals surface area (Å²) in [5.74, 6) is -0.0150. The molecule has 0 aliphatic heterocycles. The standard InChI is InChI=1S/C25H21N5OS/c26-17-18-11-13-21(14-12-18)23(31)28-25-30-29-24(32-25)27-16-15-22(19-7-3-1-4-8-19)20-9-5-2-6-10-20/h1-14,22H,15-16H2,(H,27,29)(H,28,30,31). The third-order valence-electron chi connectivity index (χ3n) is 5.03. The normalized spacial score (nSPS) is 10.5. The molecule has 0 saturated carbocycles. The Morgan fingerprint density at radius 2 is 1.47 bits per heavy atom. The van der Waals surface area contributed by atoms with E-state index in [1.54, 1.807) is 24.3 Å². The van der Waals surface area contributed by atoms with Crippen molar-refractivity contribution in [1.82, 2.24) is 10.2 Å². The van der Waals surface area contributed by atoms with E-state index < -0.39 is 0 Å². The van der Waals surface area contributed by atoms with Crippen LogP contribution in [0.4, 0.5) is 10.3 Å². The molecule has 32 heavy (non-hydrogen) atoms. The van der Waals surface area contributed by atoms with Crippen molar-refractivity contribution in [3.05, 3.63) is 107 Å². The molecule has 4 aromatic rings. The first-order valence-electron chi connectivity index (χ1n) is 10.2. The lowest BCUT2D eigenvalue weighted by Crippen LogP contribution is -2.11.